The van der Waals surface area contributed by atoms with Crippen molar-refractivity contribution in [2.45, 2.75) is 46.6 Å². The minimum Gasteiger partial charge on any atom is -0.338 e. The van der Waals surface area contributed by atoms with Crippen LogP contribution < -0.4 is 0 Å². The minimum atomic E-state index is 0.680. The van der Waals surface area contributed by atoms with Gasteiger partial charge in [0.2, 0.25) is 11.7 Å². The van der Waals surface area contributed by atoms with Crippen LogP contribution in [0.25, 0.3) is 11.4 Å². The maximum absolute atomic E-state index is 5.39. The van der Waals surface area contributed by atoms with E-state index in [1.807, 2.05) is 0 Å². The minimum absolute atomic E-state index is 0.680. The Labute approximate surface area is 127 Å². The molecule has 0 spiro atoms. The Kier molecular flexibility index (Phi) is 5.93. The lowest BCUT2D eigenvalue weighted by Crippen LogP contribution is -2.24. The average molecular weight is 287 g/mol. The summed E-state index contributed by atoms with van der Waals surface area (Å²) in [5, 5.41) is 4.10. The zero-order valence-electron chi connectivity index (χ0n) is 13.3. The van der Waals surface area contributed by atoms with E-state index in [0.29, 0.717) is 11.7 Å². The second-order valence-electron chi connectivity index (χ2n) is 5.28. The molecule has 21 heavy (non-hydrogen) atoms. The smallest absolute Gasteiger partial charge is 0.241 e. The van der Waals surface area contributed by atoms with Crippen LogP contribution in [0.1, 0.15) is 45.1 Å². The van der Waals surface area contributed by atoms with Crippen LogP contribution in [0.5, 0.6) is 0 Å². The van der Waals surface area contributed by atoms with Gasteiger partial charge in [0.25, 0.3) is 0 Å². The second kappa shape index (κ2) is 7.93. The first-order valence-electron chi connectivity index (χ1n) is 7.91. The quantitative estimate of drug-likeness (QED) is 0.738. The van der Waals surface area contributed by atoms with Crippen LogP contribution in [0, 0.1) is 0 Å². The first-order chi connectivity index (χ1) is 10.3. The zero-order valence-corrected chi connectivity index (χ0v) is 13.3. The van der Waals surface area contributed by atoms with E-state index >= 15 is 0 Å². The number of aryl methyl sites for hydroxylation is 1. The van der Waals surface area contributed by atoms with Crippen molar-refractivity contribution in [1.29, 1.82) is 0 Å². The van der Waals surface area contributed by atoms with Crippen LogP contribution in [-0.4, -0.2) is 28.1 Å². The van der Waals surface area contributed by atoms with E-state index in [1.165, 1.54) is 18.4 Å². The van der Waals surface area contributed by atoms with Crippen molar-refractivity contribution in [2.75, 3.05) is 13.1 Å². The van der Waals surface area contributed by atoms with E-state index in [-0.39, 0.29) is 0 Å². The highest BCUT2D eigenvalue weighted by molar-refractivity contribution is 5.54. The Morgan fingerprint density at radius 3 is 2.48 bits per heavy atom. The summed E-state index contributed by atoms with van der Waals surface area (Å²) in [4.78, 5) is 6.85. The third kappa shape index (κ3) is 4.39. The van der Waals surface area contributed by atoms with Gasteiger partial charge in [0.1, 0.15) is 0 Å². The number of nitrogens with zero attached hydrogens (tertiary/aromatic N) is 3. The lowest BCUT2D eigenvalue weighted by Gasteiger charge is -2.17. The molecule has 0 radical (unpaired) electrons. The third-order valence-electron chi connectivity index (χ3n) is 3.72. The largest absolute Gasteiger partial charge is 0.338 e. The van der Waals surface area contributed by atoms with Gasteiger partial charge in [-0.1, -0.05) is 56.6 Å². The van der Waals surface area contributed by atoms with Gasteiger partial charge in [-0.05, 0) is 31.5 Å². The molecule has 0 atom stereocenters. The van der Waals surface area contributed by atoms with E-state index < -0.39 is 0 Å². The Bertz CT molecular complexity index is 533. The highest BCUT2D eigenvalue weighted by atomic mass is 16.5. The van der Waals surface area contributed by atoms with Crippen molar-refractivity contribution in [3.63, 3.8) is 0 Å². The molecule has 2 aromatic rings. The number of hydrogen-bond donors (Lipinski definition) is 0. The molecule has 0 aliphatic heterocycles. The van der Waals surface area contributed by atoms with E-state index in [9.17, 15) is 0 Å². The molecule has 0 aliphatic carbocycles. The Morgan fingerprint density at radius 1 is 1.10 bits per heavy atom. The van der Waals surface area contributed by atoms with Crippen molar-refractivity contribution in [1.82, 2.24) is 15.0 Å². The molecule has 0 bridgehead atoms. The maximum Gasteiger partial charge on any atom is 0.241 e. The van der Waals surface area contributed by atoms with Crippen LogP contribution in [0.3, 0.4) is 0 Å². The summed E-state index contributed by atoms with van der Waals surface area (Å²) in [6, 6.07) is 8.35. The standard InChI is InChI=1S/C17H25N3O/c1-4-7-12-20(6-3)13-16-18-17(19-21-16)15-10-8-14(5-2)9-11-15/h8-11H,4-7,12-13H2,1-3H3. The lowest BCUT2D eigenvalue weighted by molar-refractivity contribution is 0.233. The van der Waals surface area contributed by atoms with Crippen molar-refractivity contribution in [3.05, 3.63) is 35.7 Å². The predicted octanol–water partition coefficient (Wildman–Crippen LogP) is 3.92. The SMILES string of the molecule is CCCCN(CC)Cc1nc(-c2ccc(CC)cc2)no1. The van der Waals surface area contributed by atoms with Crippen LogP contribution in [0.2, 0.25) is 0 Å². The fraction of sp³-hybridized carbons (Fsp3) is 0.529. The van der Waals surface area contributed by atoms with Gasteiger partial charge in [0.15, 0.2) is 0 Å². The summed E-state index contributed by atoms with van der Waals surface area (Å²) >= 11 is 0. The van der Waals surface area contributed by atoms with Crippen LogP contribution in [-0.2, 0) is 13.0 Å². The number of aromatic nitrogens is 2. The molecule has 2 rings (SSSR count). The molecule has 1 aromatic heterocycles. The monoisotopic (exact) mass is 287 g/mol. The fourth-order valence-corrected chi connectivity index (χ4v) is 2.25. The lowest BCUT2D eigenvalue weighted by atomic mass is 10.1. The van der Waals surface area contributed by atoms with Gasteiger partial charge in [-0.25, -0.2) is 0 Å². The van der Waals surface area contributed by atoms with Gasteiger partial charge in [-0.15, -0.1) is 0 Å². The van der Waals surface area contributed by atoms with Crippen molar-refractivity contribution in [2.24, 2.45) is 0 Å². The topological polar surface area (TPSA) is 42.2 Å². The van der Waals surface area contributed by atoms with Crippen molar-refractivity contribution >= 4 is 0 Å². The van der Waals surface area contributed by atoms with E-state index in [4.69, 9.17) is 4.52 Å². The van der Waals surface area contributed by atoms with Gasteiger partial charge >= 0.3 is 0 Å². The molecule has 4 heteroatoms. The normalized spacial score (nSPS) is 11.2. The second-order valence-corrected chi connectivity index (χ2v) is 5.28. The molecule has 0 aliphatic rings. The Balaban J connectivity index is 2.02. The highest BCUT2D eigenvalue weighted by Gasteiger charge is 2.11. The number of unbranched alkanes of at least 4 members (excludes halogenated alkanes) is 1. The molecular weight excluding hydrogens is 262 g/mol. The van der Waals surface area contributed by atoms with Crippen LogP contribution in [0.4, 0.5) is 0 Å². The average Bonchev–Trinajstić information content (AvgIpc) is 3.00. The van der Waals surface area contributed by atoms with Crippen molar-refractivity contribution in [3.8, 4) is 11.4 Å². The molecule has 0 amide bonds. The molecular formula is C17H25N3O. The Morgan fingerprint density at radius 2 is 1.86 bits per heavy atom. The molecule has 4 nitrogen and oxygen atoms in total. The summed E-state index contributed by atoms with van der Waals surface area (Å²) in [6.07, 6.45) is 3.45. The summed E-state index contributed by atoms with van der Waals surface area (Å²) in [6.45, 7) is 9.33. The first kappa shape index (κ1) is 15.7. The number of hydrogen-bond acceptors (Lipinski definition) is 4. The number of benzene rings is 1. The first-order valence-corrected chi connectivity index (χ1v) is 7.91. The molecule has 1 heterocycles. The summed E-state index contributed by atoms with van der Waals surface area (Å²) < 4.78 is 5.39. The highest BCUT2D eigenvalue weighted by Crippen LogP contribution is 2.17. The third-order valence-corrected chi connectivity index (χ3v) is 3.72. The van der Waals surface area contributed by atoms with Crippen LogP contribution >= 0.6 is 0 Å². The van der Waals surface area contributed by atoms with Gasteiger partial charge in [0, 0.05) is 5.56 Å². The Hall–Kier alpha value is -1.68. The van der Waals surface area contributed by atoms with Crippen LogP contribution in [0.15, 0.2) is 28.8 Å². The molecule has 0 N–H and O–H groups in total. The van der Waals surface area contributed by atoms with E-state index in [0.717, 1.165) is 31.6 Å². The summed E-state index contributed by atoms with van der Waals surface area (Å²) in [7, 11) is 0. The van der Waals surface area contributed by atoms with Gasteiger partial charge in [0.05, 0.1) is 6.54 Å². The van der Waals surface area contributed by atoms with E-state index in [1.54, 1.807) is 0 Å². The number of rotatable bonds is 8. The summed E-state index contributed by atoms with van der Waals surface area (Å²) in [5.74, 6) is 1.38. The molecule has 1 aromatic carbocycles. The maximum atomic E-state index is 5.39. The zero-order chi connectivity index (χ0) is 15.1. The molecule has 0 saturated carbocycles. The van der Waals surface area contributed by atoms with Gasteiger partial charge in [-0.2, -0.15) is 4.98 Å². The van der Waals surface area contributed by atoms with Gasteiger partial charge in [-0.3, -0.25) is 4.90 Å². The van der Waals surface area contributed by atoms with Gasteiger partial charge < -0.3 is 4.52 Å². The van der Waals surface area contributed by atoms with E-state index in [2.05, 4.69) is 60.1 Å². The fourth-order valence-electron chi connectivity index (χ4n) is 2.25. The van der Waals surface area contributed by atoms with Crippen molar-refractivity contribution < 1.29 is 4.52 Å². The molecule has 0 unspecified atom stereocenters. The molecule has 0 saturated heterocycles. The molecule has 114 valence electrons. The summed E-state index contributed by atoms with van der Waals surface area (Å²) in [5.41, 5.74) is 2.33. The predicted molar refractivity (Wildman–Crippen MR) is 85.0 cm³/mol. The molecule has 0 fully saturated rings.